The maximum absolute atomic E-state index is 7.57. The van der Waals surface area contributed by atoms with Crippen molar-refractivity contribution in [2.24, 2.45) is 0 Å². The molecule has 9 aromatic rings. The summed E-state index contributed by atoms with van der Waals surface area (Å²) in [7, 11) is 0. The Hall–Kier alpha value is -8.02. The van der Waals surface area contributed by atoms with Crippen molar-refractivity contribution in [1.82, 2.24) is 9.13 Å². The van der Waals surface area contributed by atoms with Crippen LogP contribution in [0.25, 0.3) is 66.4 Å². The van der Waals surface area contributed by atoms with Crippen molar-refractivity contribution in [3.05, 3.63) is 225 Å². The first-order chi connectivity index (χ1) is 29.1. The van der Waals surface area contributed by atoms with Crippen LogP contribution in [0, 0.1) is 10.8 Å². The van der Waals surface area contributed by atoms with Crippen molar-refractivity contribution in [2.75, 3.05) is 4.90 Å². The standard InChI is InChI=1S/C54H41N5/c1-3-39(32-35-56)41-18-25-47(26-19-41)58(46-23-16-40(17-24-46)38(2)11-10-34-55)48-27-20-42(21-28-48)43-22-30-53-51(37-43)49-29-31-52-50(33-36-57(52)44-12-6-4-7-13-44)54(49)59(53)45-14-8-5-9-15-45/h3-37,55-56H,1-2H2/b11-10-,39-32+,55-34?,56-35?. The minimum absolute atomic E-state index is 0.842. The van der Waals surface area contributed by atoms with Crippen LogP contribution < -0.4 is 4.90 Å². The summed E-state index contributed by atoms with van der Waals surface area (Å²) >= 11 is 0. The van der Waals surface area contributed by atoms with Gasteiger partial charge in [-0.1, -0.05) is 110 Å². The van der Waals surface area contributed by atoms with E-state index in [1.165, 1.54) is 39.6 Å². The number of hydrogen-bond donors (Lipinski definition) is 2. The molecule has 7 aromatic carbocycles. The van der Waals surface area contributed by atoms with E-state index in [2.05, 4.69) is 203 Å². The molecular formula is C54H41N5. The van der Waals surface area contributed by atoms with Crippen LogP contribution in [0.1, 0.15) is 11.1 Å². The average Bonchev–Trinajstić information content (AvgIpc) is 3.88. The van der Waals surface area contributed by atoms with Gasteiger partial charge in [0.15, 0.2) is 0 Å². The first-order valence-corrected chi connectivity index (χ1v) is 19.6. The summed E-state index contributed by atoms with van der Waals surface area (Å²) in [5.74, 6) is 0. The first-order valence-electron chi connectivity index (χ1n) is 19.6. The molecule has 0 amide bonds. The Balaban J connectivity index is 1.13. The molecule has 282 valence electrons. The van der Waals surface area contributed by atoms with Crippen LogP contribution in [0.2, 0.25) is 0 Å². The Morgan fingerprint density at radius 3 is 1.76 bits per heavy atom. The van der Waals surface area contributed by atoms with Crippen LogP contribution in [0.4, 0.5) is 17.1 Å². The maximum atomic E-state index is 7.57. The molecule has 2 aromatic heterocycles. The largest absolute Gasteiger partial charge is 0.316 e. The highest BCUT2D eigenvalue weighted by Crippen LogP contribution is 2.41. The Morgan fingerprint density at radius 1 is 0.542 bits per heavy atom. The van der Waals surface area contributed by atoms with E-state index >= 15 is 0 Å². The van der Waals surface area contributed by atoms with Gasteiger partial charge in [0.05, 0.1) is 16.6 Å². The van der Waals surface area contributed by atoms with Crippen molar-refractivity contribution in [3.63, 3.8) is 0 Å². The summed E-state index contributed by atoms with van der Waals surface area (Å²) in [4.78, 5) is 2.24. The predicted octanol–water partition coefficient (Wildman–Crippen LogP) is 14.3. The minimum Gasteiger partial charge on any atom is -0.316 e. The number of rotatable bonds is 12. The molecular weight excluding hydrogens is 719 g/mol. The van der Waals surface area contributed by atoms with Gasteiger partial charge in [-0.2, -0.15) is 0 Å². The molecule has 0 bridgehead atoms. The molecule has 5 nitrogen and oxygen atoms in total. The lowest BCUT2D eigenvalue weighted by Crippen LogP contribution is -2.10. The number of para-hydroxylation sites is 2. The van der Waals surface area contributed by atoms with Crippen molar-refractivity contribution in [3.8, 4) is 22.5 Å². The molecule has 0 saturated heterocycles. The summed E-state index contributed by atoms with van der Waals surface area (Å²) in [5, 5.41) is 18.6. The summed E-state index contributed by atoms with van der Waals surface area (Å²) in [6.45, 7) is 8.13. The minimum atomic E-state index is 0.842. The second-order valence-corrected chi connectivity index (χ2v) is 14.3. The third-order valence-corrected chi connectivity index (χ3v) is 10.9. The van der Waals surface area contributed by atoms with Crippen molar-refractivity contribution >= 4 is 73.3 Å². The predicted molar refractivity (Wildman–Crippen MR) is 252 cm³/mol. The van der Waals surface area contributed by atoms with Gasteiger partial charge in [-0.25, -0.2) is 0 Å². The number of fused-ring (bicyclic) bond motifs is 5. The molecule has 0 spiro atoms. The van der Waals surface area contributed by atoms with Crippen LogP contribution in [0.3, 0.4) is 0 Å². The first kappa shape index (κ1) is 36.6. The average molecular weight is 760 g/mol. The molecule has 0 radical (unpaired) electrons. The van der Waals surface area contributed by atoms with Gasteiger partial charge in [0, 0.05) is 63.2 Å². The fourth-order valence-electron chi connectivity index (χ4n) is 8.08. The fraction of sp³-hybridized carbons (Fsp3) is 0. The van der Waals surface area contributed by atoms with Gasteiger partial charge in [0.1, 0.15) is 0 Å². The summed E-state index contributed by atoms with van der Waals surface area (Å²) in [6.07, 6.45) is 11.8. The van der Waals surface area contributed by atoms with E-state index in [0.29, 0.717) is 0 Å². The molecule has 2 N–H and O–H groups in total. The third-order valence-electron chi connectivity index (χ3n) is 10.9. The van der Waals surface area contributed by atoms with Gasteiger partial charge in [-0.15, -0.1) is 0 Å². The molecule has 0 unspecified atom stereocenters. The molecule has 0 saturated carbocycles. The van der Waals surface area contributed by atoms with Crippen LogP contribution in [-0.4, -0.2) is 21.6 Å². The molecule has 9 rings (SSSR count). The Labute approximate surface area is 344 Å². The van der Waals surface area contributed by atoms with Crippen molar-refractivity contribution in [2.45, 2.75) is 0 Å². The fourth-order valence-corrected chi connectivity index (χ4v) is 8.08. The highest BCUT2D eigenvalue weighted by molar-refractivity contribution is 6.19. The van der Waals surface area contributed by atoms with E-state index in [9.17, 15) is 0 Å². The van der Waals surface area contributed by atoms with E-state index in [-0.39, 0.29) is 0 Å². The van der Waals surface area contributed by atoms with Gasteiger partial charge in [-0.05, 0) is 130 Å². The summed E-state index contributed by atoms with van der Waals surface area (Å²) in [6, 6.07) is 60.2. The number of allylic oxidation sites excluding steroid dienone is 6. The van der Waals surface area contributed by atoms with Crippen LogP contribution >= 0.6 is 0 Å². The van der Waals surface area contributed by atoms with Crippen LogP contribution in [0.5, 0.6) is 0 Å². The lowest BCUT2D eigenvalue weighted by molar-refractivity contribution is 1.13. The number of aromatic nitrogens is 2. The van der Waals surface area contributed by atoms with E-state index in [1.807, 2.05) is 6.08 Å². The SMILES string of the molecule is C=C/C(=C\C=N)c1ccc(N(c2ccc(C(=C)/C=C\C=N)cc2)c2ccc(-c3ccc4c(c3)c3ccc5c(ccn5-c5ccccc5)c3n4-c3ccccc3)cc2)cc1. The lowest BCUT2D eigenvalue weighted by Gasteiger charge is -2.26. The smallest absolute Gasteiger partial charge is 0.0635 e. The van der Waals surface area contributed by atoms with E-state index < -0.39 is 0 Å². The van der Waals surface area contributed by atoms with Crippen LogP contribution in [-0.2, 0) is 0 Å². The number of benzene rings is 7. The molecule has 0 fully saturated rings. The zero-order valence-corrected chi connectivity index (χ0v) is 32.5. The topological polar surface area (TPSA) is 60.8 Å². The molecule has 59 heavy (non-hydrogen) atoms. The lowest BCUT2D eigenvalue weighted by atomic mass is 10.0. The maximum Gasteiger partial charge on any atom is 0.0635 e. The quantitative estimate of drug-likeness (QED) is 0.0946. The Morgan fingerprint density at radius 2 is 1.14 bits per heavy atom. The monoisotopic (exact) mass is 759 g/mol. The number of anilines is 3. The normalized spacial score (nSPS) is 11.7. The van der Waals surface area contributed by atoms with Crippen LogP contribution in [0.15, 0.2) is 214 Å². The van der Waals surface area contributed by atoms with Gasteiger partial charge < -0.3 is 24.9 Å². The van der Waals surface area contributed by atoms with Crippen molar-refractivity contribution in [1.29, 1.82) is 10.8 Å². The zero-order chi connectivity index (χ0) is 40.3. The molecule has 0 aliphatic carbocycles. The Bertz CT molecular complexity index is 3070. The molecule has 0 aliphatic heterocycles. The van der Waals surface area contributed by atoms with E-state index in [1.54, 1.807) is 18.2 Å². The second-order valence-electron chi connectivity index (χ2n) is 14.3. The molecule has 5 heteroatoms. The molecule has 2 heterocycles. The second kappa shape index (κ2) is 15.8. The third kappa shape index (κ3) is 6.81. The summed E-state index contributed by atoms with van der Waals surface area (Å²) in [5.41, 5.74) is 14.8. The van der Waals surface area contributed by atoms with E-state index in [0.717, 1.165) is 67.4 Å². The van der Waals surface area contributed by atoms with Gasteiger partial charge in [0.25, 0.3) is 0 Å². The summed E-state index contributed by atoms with van der Waals surface area (Å²) < 4.78 is 4.67. The number of nitrogens with zero attached hydrogens (tertiary/aromatic N) is 3. The Kier molecular flexibility index (Phi) is 9.83. The van der Waals surface area contributed by atoms with Crippen molar-refractivity contribution < 1.29 is 0 Å². The number of hydrogen-bond acceptors (Lipinski definition) is 3. The zero-order valence-electron chi connectivity index (χ0n) is 32.5. The van der Waals surface area contributed by atoms with E-state index in [4.69, 9.17) is 10.8 Å². The van der Waals surface area contributed by atoms with Gasteiger partial charge >= 0.3 is 0 Å². The highest BCUT2D eigenvalue weighted by Gasteiger charge is 2.19. The highest BCUT2D eigenvalue weighted by atomic mass is 15.1. The van der Waals surface area contributed by atoms with Gasteiger partial charge in [0.2, 0.25) is 0 Å². The molecule has 0 atom stereocenters. The van der Waals surface area contributed by atoms with Gasteiger partial charge in [-0.3, -0.25) is 0 Å². The molecule has 0 aliphatic rings. The number of nitrogens with one attached hydrogen (secondary N) is 2.